The molecule has 1 rings (SSSR count). The fourth-order valence-electron chi connectivity index (χ4n) is 2.22. The van der Waals surface area contributed by atoms with E-state index >= 15 is 0 Å². The van der Waals surface area contributed by atoms with Gasteiger partial charge in [-0.3, -0.25) is 11.3 Å². The molecule has 0 fully saturated rings. The zero-order valence-corrected chi connectivity index (χ0v) is 10.9. The molecule has 0 bridgehead atoms. The maximum absolute atomic E-state index is 5.69. The van der Waals surface area contributed by atoms with Gasteiger partial charge in [-0.25, -0.2) is 0 Å². The van der Waals surface area contributed by atoms with E-state index in [1.807, 2.05) is 0 Å². The first-order valence-corrected chi connectivity index (χ1v) is 6.17. The SMILES string of the molecule is CCC(CC)C(NN)c1ccc(C)c(C)c1. The summed E-state index contributed by atoms with van der Waals surface area (Å²) in [6.07, 6.45) is 2.30. The van der Waals surface area contributed by atoms with E-state index < -0.39 is 0 Å². The van der Waals surface area contributed by atoms with Gasteiger partial charge in [-0.15, -0.1) is 0 Å². The normalized spacial score (nSPS) is 13.1. The molecule has 0 spiro atoms. The topological polar surface area (TPSA) is 38.0 Å². The minimum absolute atomic E-state index is 0.272. The summed E-state index contributed by atoms with van der Waals surface area (Å²) in [5, 5.41) is 0. The minimum Gasteiger partial charge on any atom is -0.271 e. The minimum atomic E-state index is 0.272. The maximum atomic E-state index is 5.69. The van der Waals surface area contributed by atoms with Crippen LogP contribution in [0.15, 0.2) is 18.2 Å². The number of hydrogen-bond donors (Lipinski definition) is 2. The first kappa shape index (κ1) is 13.2. The van der Waals surface area contributed by atoms with Gasteiger partial charge in [0.1, 0.15) is 0 Å². The molecule has 0 aliphatic rings. The van der Waals surface area contributed by atoms with Crippen molar-refractivity contribution in [3.8, 4) is 0 Å². The Morgan fingerprint density at radius 2 is 1.75 bits per heavy atom. The Morgan fingerprint density at radius 1 is 1.12 bits per heavy atom. The van der Waals surface area contributed by atoms with E-state index in [1.54, 1.807) is 0 Å². The van der Waals surface area contributed by atoms with E-state index in [2.05, 4.69) is 51.3 Å². The molecule has 2 nitrogen and oxygen atoms in total. The van der Waals surface area contributed by atoms with Crippen LogP contribution in [0, 0.1) is 19.8 Å². The van der Waals surface area contributed by atoms with Crippen molar-refractivity contribution in [2.45, 2.75) is 46.6 Å². The standard InChI is InChI=1S/C14H24N2/c1-5-12(6-2)14(16-15)13-8-7-10(3)11(4)9-13/h7-9,12,14,16H,5-6,15H2,1-4H3. The number of nitrogens with one attached hydrogen (secondary N) is 1. The van der Waals surface area contributed by atoms with Crippen molar-refractivity contribution < 1.29 is 0 Å². The zero-order valence-electron chi connectivity index (χ0n) is 10.9. The summed E-state index contributed by atoms with van der Waals surface area (Å²) < 4.78 is 0. The van der Waals surface area contributed by atoms with Crippen molar-refractivity contribution in [3.05, 3.63) is 34.9 Å². The Morgan fingerprint density at radius 3 is 2.19 bits per heavy atom. The lowest BCUT2D eigenvalue weighted by Gasteiger charge is -2.25. The molecule has 0 radical (unpaired) electrons. The fourth-order valence-corrected chi connectivity index (χ4v) is 2.22. The van der Waals surface area contributed by atoms with E-state index in [0.717, 1.165) is 12.8 Å². The van der Waals surface area contributed by atoms with Gasteiger partial charge in [0.05, 0.1) is 0 Å². The summed E-state index contributed by atoms with van der Waals surface area (Å²) in [5.74, 6) is 6.30. The van der Waals surface area contributed by atoms with Crippen LogP contribution in [0.4, 0.5) is 0 Å². The summed E-state index contributed by atoms with van der Waals surface area (Å²) in [6, 6.07) is 6.88. The zero-order chi connectivity index (χ0) is 12.1. The van der Waals surface area contributed by atoms with Gasteiger partial charge in [-0.2, -0.15) is 0 Å². The van der Waals surface area contributed by atoms with Crippen molar-refractivity contribution in [2.75, 3.05) is 0 Å². The third-order valence-electron chi connectivity index (χ3n) is 3.59. The molecule has 90 valence electrons. The highest BCUT2D eigenvalue weighted by Crippen LogP contribution is 2.27. The van der Waals surface area contributed by atoms with Crippen LogP contribution in [0.1, 0.15) is 49.4 Å². The quantitative estimate of drug-likeness (QED) is 0.590. The summed E-state index contributed by atoms with van der Waals surface area (Å²) in [4.78, 5) is 0. The van der Waals surface area contributed by atoms with Crippen LogP contribution < -0.4 is 11.3 Å². The van der Waals surface area contributed by atoms with Crippen LogP contribution in [0.2, 0.25) is 0 Å². The Kier molecular flexibility index (Phi) is 4.97. The van der Waals surface area contributed by atoms with Crippen molar-refractivity contribution in [1.29, 1.82) is 0 Å². The molecule has 16 heavy (non-hydrogen) atoms. The van der Waals surface area contributed by atoms with Gasteiger partial charge in [0.25, 0.3) is 0 Å². The molecule has 1 unspecified atom stereocenters. The monoisotopic (exact) mass is 220 g/mol. The highest BCUT2D eigenvalue weighted by Gasteiger charge is 2.19. The number of aryl methyl sites for hydroxylation is 2. The number of nitrogens with two attached hydrogens (primary N) is 1. The van der Waals surface area contributed by atoms with Gasteiger partial charge in [-0.05, 0) is 36.5 Å². The van der Waals surface area contributed by atoms with E-state index in [0.29, 0.717) is 5.92 Å². The van der Waals surface area contributed by atoms with Crippen LogP contribution in [-0.2, 0) is 0 Å². The molecule has 0 heterocycles. The summed E-state index contributed by atoms with van der Waals surface area (Å²) in [6.45, 7) is 8.74. The van der Waals surface area contributed by atoms with Gasteiger partial charge in [-0.1, -0.05) is 44.9 Å². The van der Waals surface area contributed by atoms with Crippen LogP contribution in [-0.4, -0.2) is 0 Å². The Balaban J connectivity index is 2.98. The van der Waals surface area contributed by atoms with E-state index in [1.165, 1.54) is 16.7 Å². The molecule has 0 amide bonds. The average Bonchev–Trinajstić information content (AvgIpc) is 2.29. The van der Waals surface area contributed by atoms with Crippen molar-refractivity contribution in [2.24, 2.45) is 11.8 Å². The highest BCUT2D eigenvalue weighted by atomic mass is 15.2. The summed E-state index contributed by atoms with van der Waals surface area (Å²) in [5.41, 5.74) is 6.95. The van der Waals surface area contributed by atoms with Crippen LogP contribution in [0.25, 0.3) is 0 Å². The van der Waals surface area contributed by atoms with Crippen molar-refractivity contribution in [3.63, 3.8) is 0 Å². The number of rotatable bonds is 5. The third-order valence-corrected chi connectivity index (χ3v) is 3.59. The summed E-state index contributed by atoms with van der Waals surface area (Å²) >= 11 is 0. The molecular weight excluding hydrogens is 196 g/mol. The largest absolute Gasteiger partial charge is 0.271 e. The van der Waals surface area contributed by atoms with Gasteiger partial charge in [0, 0.05) is 6.04 Å². The van der Waals surface area contributed by atoms with Crippen LogP contribution in [0.3, 0.4) is 0 Å². The van der Waals surface area contributed by atoms with E-state index in [4.69, 9.17) is 5.84 Å². The van der Waals surface area contributed by atoms with Crippen LogP contribution >= 0.6 is 0 Å². The summed E-state index contributed by atoms with van der Waals surface area (Å²) in [7, 11) is 0. The molecular formula is C14H24N2. The molecule has 0 saturated heterocycles. The predicted octanol–water partition coefficient (Wildman–Crippen LogP) is 3.24. The van der Waals surface area contributed by atoms with Gasteiger partial charge in [0.15, 0.2) is 0 Å². The second kappa shape index (κ2) is 6.02. The first-order chi connectivity index (χ1) is 7.63. The first-order valence-electron chi connectivity index (χ1n) is 6.17. The van der Waals surface area contributed by atoms with Gasteiger partial charge < -0.3 is 0 Å². The average molecular weight is 220 g/mol. The molecule has 0 saturated carbocycles. The molecule has 1 atom stereocenters. The lowest BCUT2D eigenvalue weighted by molar-refractivity contribution is 0.345. The second-order valence-electron chi connectivity index (χ2n) is 4.56. The smallest absolute Gasteiger partial charge is 0.0488 e. The predicted molar refractivity (Wildman–Crippen MR) is 70.1 cm³/mol. The third kappa shape index (κ3) is 2.83. The Labute approximate surface area is 99.2 Å². The molecule has 0 aliphatic carbocycles. The maximum Gasteiger partial charge on any atom is 0.0488 e. The van der Waals surface area contributed by atoms with E-state index in [-0.39, 0.29) is 6.04 Å². The van der Waals surface area contributed by atoms with Crippen LogP contribution in [0.5, 0.6) is 0 Å². The number of hydrazine groups is 1. The van der Waals surface area contributed by atoms with Crippen molar-refractivity contribution in [1.82, 2.24) is 5.43 Å². The van der Waals surface area contributed by atoms with E-state index in [9.17, 15) is 0 Å². The van der Waals surface area contributed by atoms with Gasteiger partial charge in [0.2, 0.25) is 0 Å². The fraction of sp³-hybridized carbons (Fsp3) is 0.571. The highest BCUT2D eigenvalue weighted by molar-refractivity contribution is 5.32. The Bertz CT molecular complexity index is 330. The molecule has 3 N–H and O–H groups in total. The molecule has 1 aromatic rings. The molecule has 0 aliphatic heterocycles. The number of hydrogen-bond acceptors (Lipinski definition) is 2. The molecule has 2 heteroatoms. The molecule has 0 aromatic heterocycles. The lowest BCUT2D eigenvalue weighted by atomic mass is 9.88. The lowest BCUT2D eigenvalue weighted by Crippen LogP contribution is -2.33. The van der Waals surface area contributed by atoms with Gasteiger partial charge >= 0.3 is 0 Å². The number of benzene rings is 1. The molecule has 1 aromatic carbocycles. The van der Waals surface area contributed by atoms with Crippen molar-refractivity contribution >= 4 is 0 Å². The Hall–Kier alpha value is -0.860. The second-order valence-corrected chi connectivity index (χ2v) is 4.56.